The highest BCUT2D eigenvalue weighted by Gasteiger charge is 2.37. The van der Waals surface area contributed by atoms with Gasteiger partial charge >= 0.3 is 0 Å². The Kier molecular flexibility index (Phi) is 4.36. The Morgan fingerprint density at radius 3 is 2.74 bits per heavy atom. The first-order valence-electron chi connectivity index (χ1n) is 9.15. The molecule has 1 aromatic carbocycles. The number of carbonyl (C=O) groups excluding carboxylic acids is 1. The van der Waals surface area contributed by atoms with Crippen LogP contribution in [0.2, 0.25) is 0 Å². The highest BCUT2D eigenvalue weighted by molar-refractivity contribution is 5.76. The minimum Gasteiger partial charge on any atom is -0.340 e. The van der Waals surface area contributed by atoms with E-state index in [1.165, 1.54) is 36.8 Å². The SMILES string of the molecule is O=C(CCN(C1CC1)C1CCc2ccccc21)N1CCNCC1. The number of aryl methyl sites for hydroxylation is 1. The predicted octanol–water partition coefficient (Wildman–Crippen LogP) is 1.96. The minimum atomic E-state index is 0.337. The maximum absolute atomic E-state index is 12.5. The van der Waals surface area contributed by atoms with E-state index in [4.69, 9.17) is 0 Å². The van der Waals surface area contributed by atoms with Crippen molar-refractivity contribution in [2.45, 2.75) is 44.2 Å². The summed E-state index contributed by atoms with van der Waals surface area (Å²) < 4.78 is 0. The van der Waals surface area contributed by atoms with Crippen LogP contribution in [-0.4, -0.2) is 54.5 Å². The number of nitrogens with zero attached hydrogens (tertiary/aromatic N) is 2. The van der Waals surface area contributed by atoms with Crippen molar-refractivity contribution < 1.29 is 4.79 Å². The Balaban J connectivity index is 1.40. The van der Waals surface area contributed by atoms with Crippen LogP contribution in [0.4, 0.5) is 0 Å². The Hall–Kier alpha value is -1.39. The van der Waals surface area contributed by atoms with Crippen molar-refractivity contribution in [1.82, 2.24) is 15.1 Å². The van der Waals surface area contributed by atoms with Gasteiger partial charge in [-0.15, -0.1) is 0 Å². The van der Waals surface area contributed by atoms with Crippen molar-refractivity contribution in [1.29, 1.82) is 0 Å². The van der Waals surface area contributed by atoms with E-state index in [0.29, 0.717) is 24.4 Å². The minimum absolute atomic E-state index is 0.337. The van der Waals surface area contributed by atoms with Crippen LogP contribution in [0, 0.1) is 0 Å². The molecule has 1 saturated heterocycles. The molecule has 1 N–H and O–H groups in total. The number of fused-ring (bicyclic) bond motifs is 1. The zero-order valence-electron chi connectivity index (χ0n) is 13.8. The fourth-order valence-corrected chi connectivity index (χ4v) is 4.18. The first kappa shape index (κ1) is 15.2. The monoisotopic (exact) mass is 313 g/mol. The third-order valence-electron chi connectivity index (χ3n) is 5.57. The molecule has 1 amide bonds. The first-order valence-corrected chi connectivity index (χ1v) is 9.15. The highest BCUT2D eigenvalue weighted by atomic mass is 16.2. The van der Waals surface area contributed by atoms with Crippen LogP contribution in [0.15, 0.2) is 24.3 Å². The molecule has 0 aromatic heterocycles. The molecular weight excluding hydrogens is 286 g/mol. The van der Waals surface area contributed by atoms with Gasteiger partial charge in [0.05, 0.1) is 0 Å². The van der Waals surface area contributed by atoms with Crippen LogP contribution < -0.4 is 5.32 Å². The smallest absolute Gasteiger partial charge is 0.223 e. The molecule has 0 spiro atoms. The Labute approximate surface area is 138 Å². The van der Waals surface area contributed by atoms with Gasteiger partial charge in [0.2, 0.25) is 5.91 Å². The summed E-state index contributed by atoms with van der Waals surface area (Å²) in [7, 11) is 0. The summed E-state index contributed by atoms with van der Waals surface area (Å²) in [5, 5.41) is 3.31. The molecule has 0 radical (unpaired) electrons. The van der Waals surface area contributed by atoms with Crippen molar-refractivity contribution in [3.63, 3.8) is 0 Å². The Morgan fingerprint density at radius 2 is 1.96 bits per heavy atom. The fraction of sp³-hybridized carbons (Fsp3) is 0.632. The van der Waals surface area contributed by atoms with Crippen LogP contribution in [-0.2, 0) is 11.2 Å². The second-order valence-electron chi connectivity index (χ2n) is 7.10. The van der Waals surface area contributed by atoms with E-state index >= 15 is 0 Å². The number of nitrogens with one attached hydrogen (secondary N) is 1. The van der Waals surface area contributed by atoms with E-state index in [1.807, 2.05) is 4.90 Å². The number of carbonyl (C=O) groups is 1. The van der Waals surface area contributed by atoms with E-state index in [2.05, 4.69) is 34.5 Å². The number of piperazine rings is 1. The average Bonchev–Trinajstić information content (AvgIpc) is 3.36. The van der Waals surface area contributed by atoms with Crippen LogP contribution in [0.3, 0.4) is 0 Å². The van der Waals surface area contributed by atoms with Gasteiger partial charge < -0.3 is 10.2 Å². The molecule has 0 bridgehead atoms. The number of hydrogen-bond donors (Lipinski definition) is 1. The lowest BCUT2D eigenvalue weighted by Gasteiger charge is -2.32. The highest BCUT2D eigenvalue weighted by Crippen LogP contribution is 2.41. The van der Waals surface area contributed by atoms with Crippen molar-refractivity contribution in [3.05, 3.63) is 35.4 Å². The summed E-state index contributed by atoms with van der Waals surface area (Å²) in [6.07, 6.45) is 5.70. The molecule has 1 atom stereocenters. The van der Waals surface area contributed by atoms with Crippen molar-refractivity contribution >= 4 is 5.91 Å². The molecule has 2 fully saturated rings. The number of benzene rings is 1. The maximum Gasteiger partial charge on any atom is 0.223 e. The molecule has 1 saturated carbocycles. The summed E-state index contributed by atoms with van der Waals surface area (Å²) in [4.78, 5) is 17.1. The normalized spacial score (nSPS) is 24.0. The largest absolute Gasteiger partial charge is 0.340 e. The van der Waals surface area contributed by atoms with Gasteiger partial charge in [0.25, 0.3) is 0 Å². The summed E-state index contributed by atoms with van der Waals surface area (Å²) in [5.41, 5.74) is 3.02. The third kappa shape index (κ3) is 3.29. The Morgan fingerprint density at radius 1 is 1.17 bits per heavy atom. The van der Waals surface area contributed by atoms with Crippen LogP contribution >= 0.6 is 0 Å². The summed E-state index contributed by atoms with van der Waals surface area (Å²) >= 11 is 0. The van der Waals surface area contributed by atoms with Crippen LogP contribution in [0.5, 0.6) is 0 Å². The van der Waals surface area contributed by atoms with Gasteiger partial charge in [0.15, 0.2) is 0 Å². The van der Waals surface area contributed by atoms with Crippen LogP contribution in [0.25, 0.3) is 0 Å². The molecule has 1 heterocycles. The van der Waals surface area contributed by atoms with Crippen LogP contribution in [0.1, 0.15) is 42.9 Å². The molecule has 23 heavy (non-hydrogen) atoms. The lowest BCUT2D eigenvalue weighted by molar-refractivity contribution is -0.132. The molecular formula is C19H27N3O. The van der Waals surface area contributed by atoms with E-state index < -0.39 is 0 Å². The first-order chi connectivity index (χ1) is 11.3. The molecule has 4 nitrogen and oxygen atoms in total. The average molecular weight is 313 g/mol. The van der Waals surface area contributed by atoms with Crippen molar-refractivity contribution in [2.24, 2.45) is 0 Å². The van der Waals surface area contributed by atoms with Gasteiger partial charge in [0, 0.05) is 51.2 Å². The lowest BCUT2D eigenvalue weighted by atomic mass is 10.1. The van der Waals surface area contributed by atoms with E-state index in [1.54, 1.807) is 0 Å². The maximum atomic E-state index is 12.5. The Bertz CT molecular complexity index is 563. The second kappa shape index (κ2) is 6.62. The van der Waals surface area contributed by atoms with Gasteiger partial charge in [-0.05, 0) is 36.8 Å². The molecule has 2 aliphatic carbocycles. The van der Waals surface area contributed by atoms with E-state index in [-0.39, 0.29) is 0 Å². The van der Waals surface area contributed by atoms with Gasteiger partial charge in [0.1, 0.15) is 0 Å². The fourth-order valence-electron chi connectivity index (χ4n) is 4.18. The lowest BCUT2D eigenvalue weighted by Crippen LogP contribution is -2.47. The van der Waals surface area contributed by atoms with Gasteiger partial charge in [-0.1, -0.05) is 24.3 Å². The zero-order valence-corrected chi connectivity index (χ0v) is 13.8. The van der Waals surface area contributed by atoms with Gasteiger partial charge in [-0.2, -0.15) is 0 Å². The van der Waals surface area contributed by atoms with E-state index in [0.717, 1.165) is 32.7 Å². The zero-order chi connectivity index (χ0) is 15.6. The number of hydrogen-bond acceptors (Lipinski definition) is 3. The van der Waals surface area contributed by atoms with Gasteiger partial charge in [-0.3, -0.25) is 9.69 Å². The molecule has 3 aliphatic rings. The summed E-state index contributed by atoms with van der Waals surface area (Å²) in [6.45, 7) is 4.54. The van der Waals surface area contributed by atoms with Crippen molar-refractivity contribution in [2.75, 3.05) is 32.7 Å². The molecule has 4 heteroatoms. The summed E-state index contributed by atoms with van der Waals surface area (Å²) in [6, 6.07) is 10.1. The molecule has 124 valence electrons. The van der Waals surface area contributed by atoms with E-state index in [9.17, 15) is 4.79 Å². The van der Waals surface area contributed by atoms with Gasteiger partial charge in [-0.25, -0.2) is 0 Å². The quantitative estimate of drug-likeness (QED) is 0.903. The summed E-state index contributed by atoms with van der Waals surface area (Å²) in [5.74, 6) is 0.337. The molecule has 1 aliphatic heterocycles. The molecule has 4 rings (SSSR count). The topological polar surface area (TPSA) is 35.6 Å². The molecule has 1 aromatic rings. The third-order valence-corrected chi connectivity index (χ3v) is 5.57. The number of rotatable bonds is 5. The molecule has 1 unspecified atom stereocenters. The number of amides is 1. The second-order valence-corrected chi connectivity index (χ2v) is 7.10. The predicted molar refractivity (Wildman–Crippen MR) is 91.3 cm³/mol. The van der Waals surface area contributed by atoms with Crippen molar-refractivity contribution in [3.8, 4) is 0 Å². The standard InChI is InChI=1S/C19H27N3O/c23-19(21-13-10-20-11-14-21)9-12-22(16-6-7-16)18-8-5-15-3-1-2-4-17(15)18/h1-4,16,18,20H,5-14H2.